The first-order chi connectivity index (χ1) is 7.70. The summed E-state index contributed by atoms with van der Waals surface area (Å²) in [6.45, 7) is 3.96. The fraction of sp³-hybridized carbons (Fsp3) is 0.0833. The van der Waals surface area contributed by atoms with Crippen LogP contribution in [0.3, 0.4) is 0 Å². The minimum absolute atomic E-state index is 0.229. The molecule has 0 fully saturated rings. The molecule has 0 atom stereocenters. The Morgan fingerprint density at radius 2 is 2.31 bits per heavy atom. The standard InChI is InChI=1S/C12H10BrNO2/c1-2-5-14-12(15)11-6-8-3-4-9(13)7-10(8)16-11/h2-4,6-7H,1,5H2,(H,14,15). The van der Waals surface area contributed by atoms with Crippen molar-refractivity contribution in [1.29, 1.82) is 0 Å². The van der Waals surface area contributed by atoms with E-state index >= 15 is 0 Å². The first-order valence-electron chi connectivity index (χ1n) is 4.79. The van der Waals surface area contributed by atoms with Gasteiger partial charge in [-0.05, 0) is 24.3 Å². The zero-order valence-electron chi connectivity index (χ0n) is 8.50. The Morgan fingerprint density at radius 1 is 1.50 bits per heavy atom. The Hall–Kier alpha value is -1.55. The van der Waals surface area contributed by atoms with Crippen LogP contribution in [-0.2, 0) is 0 Å². The van der Waals surface area contributed by atoms with Crippen LogP contribution in [0, 0.1) is 0 Å². The van der Waals surface area contributed by atoms with E-state index in [-0.39, 0.29) is 5.91 Å². The number of nitrogens with one attached hydrogen (secondary N) is 1. The van der Waals surface area contributed by atoms with Crippen molar-refractivity contribution in [3.05, 3.63) is 47.2 Å². The van der Waals surface area contributed by atoms with Crippen molar-refractivity contribution in [1.82, 2.24) is 5.32 Å². The van der Waals surface area contributed by atoms with E-state index in [4.69, 9.17) is 4.42 Å². The Kier molecular flexibility index (Phi) is 3.10. The number of carbonyl (C=O) groups excluding carboxylic acids is 1. The first kappa shape index (κ1) is 11.0. The summed E-state index contributed by atoms with van der Waals surface area (Å²) in [7, 11) is 0. The maximum atomic E-state index is 11.6. The van der Waals surface area contributed by atoms with Gasteiger partial charge in [0.2, 0.25) is 0 Å². The molecule has 4 heteroatoms. The smallest absolute Gasteiger partial charge is 0.287 e. The van der Waals surface area contributed by atoms with Crippen molar-refractivity contribution in [3.8, 4) is 0 Å². The van der Waals surface area contributed by atoms with E-state index in [2.05, 4.69) is 27.8 Å². The number of benzene rings is 1. The summed E-state index contributed by atoms with van der Waals surface area (Å²) in [5, 5.41) is 3.57. The van der Waals surface area contributed by atoms with Crippen molar-refractivity contribution >= 4 is 32.8 Å². The largest absolute Gasteiger partial charge is 0.451 e. The lowest BCUT2D eigenvalue weighted by Crippen LogP contribution is -2.22. The molecule has 1 amide bonds. The number of rotatable bonds is 3. The van der Waals surface area contributed by atoms with Crippen molar-refractivity contribution in [3.63, 3.8) is 0 Å². The number of hydrogen-bond acceptors (Lipinski definition) is 2. The van der Waals surface area contributed by atoms with E-state index in [1.165, 1.54) is 0 Å². The van der Waals surface area contributed by atoms with Crippen LogP contribution < -0.4 is 5.32 Å². The number of amides is 1. The summed E-state index contributed by atoms with van der Waals surface area (Å²) in [6.07, 6.45) is 1.62. The second-order valence-corrected chi connectivity index (χ2v) is 4.21. The van der Waals surface area contributed by atoms with Crippen LogP contribution in [0.5, 0.6) is 0 Å². The number of hydrogen-bond donors (Lipinski definition) is 1. The summed E-state index contributed by atoms with van der Waals surface area (Å²) < 4.78 is 6.35. The molecule has 16 heavy (non-hydrogen) atoms. The molecule has 0 unspecified atom stereocenters. The van der Waals surface area contributed by atoms with Gasteiger partial charge in [0.15, 0.2) is 5.76 Å². The van der Waals surface area contributed by atoms with Crippen molar-refractivity contribution in [2.45, 2.75) is 0 Å². The van der Waals surface area contributed by atoms with Gasteiger partial charge in [0, 0.05) is 16.4 Å². The molecule has 3 nitrogen and oxygen atoms in total. The van der Waals surface area contributed by atoms with Gasteiger partial charge in [0.05, 0.1) is 0 Å². The molecule has 0 aliphatic rings. The number of carbonyl (C=O) groups is 1. The highest BCUT2D eigenvalue weighted by Crippen LogP contribution is 2.23. The van der Waals surface area contributed by atoms with E-state index in [9.17, 15) is 4.79 Å². The van der Waals surface area contributed by atoms with Gasteiger partial charge in [-0.2, -0.15) is 0 Å². The van der Waals surface area contributed by atoms with E-state index in [1.54, 1.807) is 12.1 Å². The second kappa shape index (κ2) is 4.53. The maximum Gasteiger partial charge on any atom is 0.287 e. The summed E-state index contributed by atoms with van der Waals surface area (Å²) in [5.74, 6) is 0.0853. The van der Waals surface area contributed by atoms with Gasteiger partial charge in [-0.15, -0.1) is 6.58 Å². The minimum atomic E-state index is -0.229. The fourth-order valence-corrected chi connectivity index (χ4v) is 1.71. The summed E-state index contributed by atoms with van der Waals surface area (Å²) in [4.78, 5) is 11.6. The average Bonchev–Trinajstić information content (AvgIpc) is 2.68. The van der Waals surface area contributed by atoms with Gasteiger partial charge in [-0.3, -0.25) is 4.79 Å². The lowest BCUT2D eigenvalue weighted by atomic mass is 10.2. The molecule has 2 rings (SSSR count). The predicted octanol–water partition coefficient (Wildman–Crippen LogP) is 3.11. The molecule has 1 N–H and O–H groups in total. The zero-order valence-corrected chi connectivity index (χ0v) is 10.1. The second-order valence-electron chi connectivity index (χ2n) is 3.29. The van der Waals surface area contributed by atoms with Crippen molar-refractivity contribution in [2.75, 3.05) is 6.54 Å². The average molecular weight is 280 g/mol. The van der Waals surface area contributed by atoms with Gasteiger partial charge in [-0.25, -0.2) is 0 Å². The maximum absolute atomic E-state index is 11.6. The van der Waals surface area contributed by atoms with Gasteiger partial charge in [0.25, 0.3) is 5.91 Å². The molecule has 1 aromatic carbocycles. The van der Waals surface area contributed by atoms with Crippen LogP contribution in [0.1, 0.15) is 10.6 Å². The first-order valence-corrected chi connectivity index (χ1v) is 5.58. The highest BCUT2D eigenvalue weighted by atomic mass is 79.9. The molecule has 0 saturated carbocycles. The highest BCUT2D eigenvalue weighted by Gasteiger charge is 2.11. The van der Waals surface area contributed by atoms with E-state index in [0.717, 1.165) is 9.86 Å². The van der Waals surface area contributed by atoms with E-state index in [1.807, 2.05) is 18.2 Å². The number of halogens is 1. The highest BCUT2D eigenvalue weighted by molar-refractivity contribution is 9.10. The molecule has 0 aliphatic heterocycles. The molecule has 0 saturated heterocycles. The third-order valence-electron chi connectivity index (χ3n) is 2.11. The lowest BCUT2D eigenvalue weighted by Gasteiger charge is -1.96. The normalized spacial score (nSPS) is 10.3. The molecule has 82 valence electrons. The van der Waals surface area contributed by atoms with Crippen LogP contribution in [-0.4, -0.2) is 12.5 Å². The number of fused-ring (bicyclic) bond motifs is 1. The third-order valence-corrected chi connectivity index (χ3v) is 2.61. The van der Waals surface area contributed by atoms with Gasteiger partial charge in [0.1, 0.15) is 5.58 Å². The van der Waals surface area contributed by atoms with Crippen LogP contribution in [0.4, 0.5) is 0 Å². The van der Waals surface area contributed by atoms with Gasteiger partial charge < -0.3 is 9.73 Å². The molecule has 0 aliphatic carbocycles. The number of furan rings is 1. The SMILES string of the molecule is C=CCNC(=O)c1cc2ccc(Br)cc2o1. The predicted molar refractivity (Wildman–Crippen MR) is 66.4 cm³/mol. The van der Waals surface area contributed by atoms with E-state index < -0.39 is 0 Å². The molecular weight excluding hydrogens is 270 g/mol. The van der Waals surface area contributed by atoms with Crippen LogP contribution in [0.15, 0.2) is 45.8 Å². The Bertz CT molecular complexity index is 545. The summed E-state index contributed by atoms with van der Waals surface area (Å²) in [5.41, 5.74) is 0.693. The fourth-order valence-electron chi connectivity index (χ4n) is 1.37. The monoisotopic (exact) mass is 279 g/mol. The van der Waals surface area contributed by atoms with Crippen LogP contribution in [0.2, 0.25) is 0 Å². The summed E-state index contributed by atoms with van der Waals surface area (Å²) in [6, 6.07) is 7.36. The van der Waals surface area contributed by atoms with Crippen molar-refractivity contribution < 1.29 is 9.21 Å². The van der Waals surface area contributed by atoms with Crippen molar-refractivity contribution in [2.24, 2.45) is 0 Å². The Labute approximate surface area is 101 Å². The molecule has 1 heterocycles. The minimum Gasteiger partial charge on any atom is -0.451 e. The quantitative estimate of drug-likeness (QED) is 0.878. The molecule has 1 aromatic heterocycles. The van der Waals surface area contributed by atoms with Gasteiger partial charge in [-0.1, -0.05) is 22.0 Å². The molecule has 0 spiro atoms. The van der Waals surface area contributed by atoms with E-state index in [0.29, 0.717) is 17.9 Å². The molecular formula is C12H10BrNO2. The molecule has 0 radical (unpaired) electrons. The topological polar surface area (TPSA) is 42.2 Å². The molecule has 0 bridgehead atoms. The van der Waals surface area contributed by atoms with Gasteiger partial charge >= 0.3 is 0 Å². The lowest BCUT2D eigenvalue weighted by molar-refractivity contribution is 0.0932. The molecule has 2 aromatic rings. The Balaban J connectivity index is 2.32. The Morgan fingerprint density at radius 3 is 3.06 bits per heavy atom. The third kappa shape index (κ3) is 2.17. The van der Waals surface area contributed by atoms with Crippen LogP contribution >= 0.6 is 15.9 Å². The summed E-state index contributed by atoms with van der Waals surface area (Å²) >= 11 is 3.35. The van der Waals surface area contributed by atoms with Crippen LogP contribution in [0.25, 0.3) is 11.0 Å². The zero-order chi connectivity index (χ0) is 11.5.